The molecule has 6 N–H and O–H groups in total. The monoisotopic (exact) mass is 363 g/mol. The SMILES string of the molecule is NC(=O)c1c(Nc2cnc(C(F)(F)F)cn2)n[nH]c1-c1ccc(N)cc1. The Bertz CT molecular complexity index is 933. The maximum absolute atomic E-state index is 12.5. The quantitative estimate of drug-likeness (QED) is 0.525. The average Bonchev–Trinajstić information content (AvgIpc) is 2.99. The molecule has 0 saturated carbocycles. The Morgan fingerprint density at radius 1 is 1.12 bits per heavy atom. The molecule has 3 aromatic rings. The summed E-state index contributed by atoms with van der Waals surface area (Å²) in [5, 5.41) is 9.23. The van der Waals surface area contributed by atoms with E-state index in [0.29, 0.717) is 23.1 Å². The van der Waals surface area contributed by atoms with Gasteiger partial charge in [-0.25, -0.2) is 9.97 Å². The van der Waals surface area contributed by atoms with Gasteiger partial charge in [-0.2, -0.15) is 18.3 Å². The molecule has 8 nitrogen and oxygen atoms in total. The Labute approximate surface area is 144 Å². The van der Waals surface area contributed by atoms with Gasteiger partial charge in [-0.1, -0.05) is 12.1 Å². The largest absolute Gasteiger partial charge is 0.434 e. The van der Waals surface area contributed by atoms with Gasteiger partial charge in [0.25, 0.3) is 5.91 Å². The number of nitrogen functional groups attached to an aromatic ring is 1. The number of H-pyrrole nitrogens is 1. The number of anilines is 3. The van der Waals surface area contributed by atoms with Crippen LogP contribution in [0, 0.1) is 0 Å². The van der Waals surface area contributed by atoms with Crippen molar-refractivity contribution in [2.75, 3.05) is 11.1 Å². The second kappa shape index (κ2) is 6.35. The van der Waals surface area contributed by atoms with Crippen LogP contribution in [0.15, 0.2) is 36.7 Å². The molecule has 0 fully saturated rings. The molecule has 26 heavy (non-hydrogen) atoms. The number of aromatic amines is 1. The first-order valence-corrected chi connectivity index (χ1v) is 7.16. The standard InChI is InChI=1S/C15H12F3N7O/c16-15(17,18)9-5-22-10(6-21-9)23-14-11(13(20)26)12(24-25-14)7-1-3-8(19)4-2-7/h1-6H,19H2,(H2,20,26)(H2,22,23,24,25). The van der Waals surface area contributed by atoms with E-state index in [1.54, 1.807) is 24.3 Å². The predicted molar refractivity (Wildman–Crippen MR) is 87.3 cm³/mol. The molecular weight excluding hydrogens is 351 g/mol. The predicted octanol–water partition coefficient (Wildman–Crippen LogP) is 2.31. The van der Waals surface area contributed by atoms with Gasteiger partial charge >= 0.3 is 6.18 Å². The fourth-order valence-electron chi connectivity index (χ4n) is 2.19. The number of carbonyl (C=O) groups excluding carboxylic acids is 1. The molecule has 0 saturated heterocycles. The van der Waals surface area contributed by atoms with Crippen molar-refractivity contribution in [1.29, 1.82) is 0 Å². The fourth-order valence-corrected chi connectivity index (χ4v) is 2.19. The number of hydrogen-bond donors (Lipinski definition) is 4. The fraction of sp³-hybridized carbons (Fsp3) is 0.0667. The summed E-state index contributed by atoms with van der Waals surface area (Å²) in [6.07, 6.45) is -3.15. The van der Waals surface area contributed by atoms with Crippen molar-refractivity contribution in [1.82, 2.24) is 20.2 Å². The zero-order chi connectivity index (χ0) is 18.9. The third-order valence-corrected chi connectivity index (χ3v) is 3.40. The number of primary amides is 1. The summed E-state index contributed by atoms with van der Waals surface area (Å²) in [4.78, 5) is 18.7. The number of aromatic nitrogens is 4. The summed E-state index contributed by atoms with van der Waals surface area (Å²) in [5.41, 5.74) is 11.4. The number of rotatable bonds is 4. The van der Waals surface area contributed by atoms with E-state index in [0.717, 1.165) is 6.20 Å². The lowest BCUT2D eigenvalue weighted by Crippen LogP contribution is -2.14. The molecule has 134 valence electrons. The van der Waals surface area contributed by atoms with E-state index in [9.17, 15) is 18.0 Å². The summed E-state index contributed by atoms with van der Waals surface area (Å²) in [6, 6.07) is 6.60. The van der Waals surface area contributed by atoms with Crippen LogP contribution in [0.2, 0.25) is 0 Å². The third kappa shape index (κ3) is 3.41. The lowest BCUT2D eigenvalue weighted by Gasteiger charge is -2.07. The Balaban J connectivity index is 1.93. The van der Waals surface area contributed by atoms with E-state index in [-0.39, 0.29) is 17.2 Å². The highest BCUT2D eigenvalue weighted by Gasteiger charge is 2.32. The van der Waals surface area contributed by atoms with Crippen molar-refractivity contribution in [2.24, 2.45) is 5.73 Å². The van der Waals surface area contributed by atoms with Gasteiger partial charge in [-0.05, 0) is 12.1 Å². The first-order valence-electron chi connectivity index (χ1n) is 7.16. The van der Waals surface area contributed by atoms with Crippen molar-refractivity contribution >= 4 is 23.2 Å². The topological polar surface area (TPSA) is 136 Å². The number of alkyl halides is 3. The molecule has 0 bridgehead atoms. The number of hydrogen-bond acceptors (Lipinski definition) is 6. The van der Waals surface area contributed by atoms with Crippen LogP contribution in [0.4, 0.5) is 30.5 Å². The molecule has 11 heteroatoms. The van der Waals surface area contributed by atoms with Crippen LogP contribution in [0.1, 0.15) is 16.1 Å². The molecule has 1 amide bonds. The highest BCUT2D eigenvalue weighted by Crippen LogP contribution is 2.30. The number of halogens is 3. The van der Waals surface area contributed by atoms with Gasteiger partial charge in [0.15, 0.2) is 11.5 Å². The summed E-state index contributed by atoms with van der Waals surface area (Å²) in [5.74, 6) is -0.804. The van der Waals surface area contributed by atoms with E-state index in [4.69, 9.17) is 11.5 Å². The van der Waals surface area contributed by atoms with Gasteiger partial charge in [-0.3, -0.25) is 9.89 Å². The molecule has 0 aliphatic carbocycles. The van der Waals surface area contributed by atoms with E-state index < -0.39 is 17.8 Å². The first kappa shape index (κ1) is 17.2. The Kier molecular flexibility index (Phi) is 4.20. The summed E-state index contributed by atoms with van der Waals surface area (Å²) in [6.45, 7) is 0. The molecule has 3 rings (SSSR count). The van der Waals surface area contributed by atoms with Crippen LogP contribution < -0.4 is 16.8 Å². The van der Waals surface area contributed by atoms with Crippen molar-refractivity contribution < 1.29 is 18.0 Å². The number of amides is 1. The van der Waals surface area contributed by atoms with E-state index in [1.807, 2.05) is 0 Å². The van der Waals surface area contributed by atoms with E-state index in [1.165, 1.54) is 0 Å². The molecule has 0 unspecified atom stereocenters. The van der Waals surface area contributed by atoms with E-state index >= 15 is 0 Å². The number of nitrogens with one attached hydrogen (secondary N) is 2. The van der Waals surface area contributed by atoms with Crippen LogP contribution in [0.25, 0.3) is 11.3 Å². The molecule has 1 aromatic carbocycles. The van der Waals surface area contributed by atoms with Crippen molar-refractivity contribution in [2.45, 2.75) is 6.18 Å². The maximum atomic E-state index is 12.5. The third-order valence-electron chi connectivity index (χ3n) is 3.40. The van der Waals surface area contributed by atoms with Crippen LogP contribution in [-0.2, 0) is 6.18 Å². The van der Waals surface area contributed by atoms with Gasteiger partial charge < -0.3 is 16.8 Å². The Morgan fingerprint density at radius 3 is 2.35 bits per heavy atom. The van der Waals surface area contributed by atoms with Crippen molar-refractivity contribution in [3.63, 3.8) is 0 Å². The molecule has 0 atom stereocenters. The molecule has 0 spiro atoms. The van der Waals surface area contributed by atoms with Crippen molar-refractivity contribution in [3.05, 3.63) is 47.9 Å². The highest BCUT2D eigenvalue weighted by atomic mass is 19.4. The van der Waals surface area contributed by atoms with Crippen molar-refractivity contribution in [3.8, 4) is 11.3 Å². The molecule has 2 heterocycles. The highest BCUT2D eigenvalue weighted by molar-refractivity contribution is 6.04. The number of nitrogens with two attached hydrogens (primary N) is 2. The van der Waals surface area contributed by atoms with Crippen LogP contribution in [0.3, 0.4) is 0 Å². The Morgan fingerprint density at radius 2 is 1.81 bits per heavy atom. The normalized spacial score (nSPS) is 11.3. The average molecular weight is 363 g/mol. The smallest absolute Gasteiger partial charge is 0.399 e. The lowest BCUT2D eigenvalue weighted by molar-refractivity contribution is -0.141. The summed E-state index contributed by atoms with van der Waals surface area (Å²) >= 11 is 0. The maximum Gasteiger partial charge on any atom is 0.434 e. The van der Waals surface area contributed by atoms with Gasteiger partial charge in [-0.15, -0.1) is 0 Å². The molecule has 0 radical (unpaired) electrons. The first-order chi connectivity index (χ1) is 12.3. The van der Waals surface area contributed by atoms with Gasteiger partial charge in [0.05, 0.1) is 18.1 Å². The second-order valence-corrected chi connectivity index (χ2v) is 5.22. The summed E-state index contributed by atoms with van der Waals surface area (Å²) < 4.78 is 37.6. The minimum Gasteiger partial charge on any atom is -0.399 e. The Hall–Kier alpha value is -3.63. The number of nitrogens with zero attached hydrogens (tertiary/aromatic N) is 3. The second-order valence-electron chi connectivity index (χ2n) is 5.22. The van der Waals surface area contributed by atoms with E-state index in [2.05, 4.69) is 25.5 Å². The van der Waals surface area contributed by atoms with Crippen LogP contribution in [-0.4, -0.2) is 26.1 Å². The van der Waals surface area contributed by atoms with Gasteiger partial charge in [0.2, 0.25) is 0 Å². The molecule has 0 aliphatic rings. The molecular formula is C15H12F3N7O. The van der Waals surface area contributed by atoms with Crippen LogP contribution in [0.5, 0.6) is 0 Å². The number of benzene rings is 1. The number of carbonyl (C=O) groups is 1. The molecule has 2 aromatic heterocycles. The zero-order valence-corrected chi connectivity index (χ0v) is 13.0. The zero-order valence-electron chi connectivity index (χ0n) is 13.0. The summed E-state index contributed by atoms with van der Waals surface area (Å²) in [7, 11) is 0. The van der Waals surface area contributed by atoms with Crippen LogP contribution >= 0.6 is 0 Å². The minimum absolute atomic E-state index is 0.0124. The molecule has 0 aliphatic heterocycles. The minimum atomic E-state index is -4.60. The van der Waals surface area contributed by atoms with Gasteiger partial charge in [0, 0.05) is 11.3 Å². The lowest BCUT2D eigenvalue weighted by atomic mass is 10.1. The van der Waals surface area contributed by atoms with Gasteiger partial charge in [0.1, 0.15) is 11.4 Å².